The fourth-order valence-corrected chi connectivity index (χ4v) is 5.79. The Morgan fingerprint density at radius 3 is 2.78 bits per heavy atom. The quantitative estimate of drug-likeness (QED) is 0.610. The maximum Gasteiger partial charge on any atom is 0.271 e. The molecular weight excluding hydrogens is 422 g/mol. The van der Waals surface area contributed by atoms with Crippen molar-refractivity contribution in [1.29, 1.82) is 0 Å². The minimum Gasteiger partial charge on any atom is -0.497 e. The van der Waals surface area contributed by atoms with Gasteiger partial charge in [0, 0.05) is 28.9 Å². The highest BCUT2D eigenvalue weighted by atomic mass is 32.1. The molecule has 1 aliphatic heterocycles. The number of hydrogen-bond donors (Lipinski definition) is 1. The van der Waals surface area contributed by atoms with E-state index in [1.54, 1.807) is 23.3 Å². The van der Waals surface area contributed by atoms with Gasteiger partial charge >= 0.3 is 0 Å². The van der Waals surface area contributed by atoms with Gasteiger partial charge in [0.05, 0.1) is 19.2 Å². The number of rotatable bonds is 6. The summed E-state index contributed by atoms with van der Waals surface area (Å²) in [6.45, 7) is 2.85. The van der Waals surface area contributed by atoms with Crippen molar-refractivity contribution in [3.63, 3.8) is 0 Å². The van der Waals surface area contributed by atoms with E-state index in [0.29, 0.717) is 18.8 Å². The molecule has 1 atom stereocenters. The molecular formula is C25H29N3O3S. The maximum atomic E-state index is 13.8. The first-order chi connectivity index (χ1) is 15.5. The molecule has 1 fully saturated rings. The van der Waals surface area contributed by atoms with Gasteiger partial charge in [-0.1, -0.05) is 18.9 Å². The van der Waals surface area contributed by atoms with Gasteiger partial charge in [-0.3, -0.25) is 9.59 Å². The molecule has 1 N–H and O–H groups in total. The molecule has 1 aromatic carbocycles. The number of nitrogens with zero attached hydrogens (tertiary/aromatic N) is 2. The van der Waals surface area contributed by atoms with Crippen molar-refractivity contribution in [2.45, 2.75) is 57.2 Å². The van der Waals surface area contributed by atoms with Gasteiger partial charge in [-0.15, -0.1) is 11.3 Å². The summed E-state index contributed by atoms with van der Waals surface area (Å²) in [5.41, 5.74) is 0.593. The Morgan fingerprint density at radius 2 is 2.06 bits per heavy atom. The molecule has 3 aromatic rings. The van der Waals surface area contributed by atoms with E-state index >= 15 is 0 Å². The van der Waals surface area contributed by atoms with Crippen LogP contribution in [0.2, 0.25) is 0 Å². The van der Waals surface area contributed by atoms with Gasteiger partial charge in [0.25, 0.3) is 5.91 Å². The van der Waals surface area contributed by atoms with E-state index in [9.17, 15) is 9.59 Å². The Balaban J connectivity index is 1.53. The number of benzene rings is 1. The number of hydrogen-bond acceptors (Lipinski definition) is 4. The van der Waals surface area contributed by atoms with E-state index in [1.807, 2.05) is 47.2 Å². The Bertz CT molecular complexity index is 1150. The van der Waals surface area contributed by atoms with Crippen molar-refractivity contribution in [2.75, 3.05) is 13.7 Å². The van der Waals surface area contributed by atoms with E-state index < -0.39 is 5.54 Å². The molecule has 5 rings (SSSR count). The number of aromatic nitrogens is 1. The normalized spacial score (nSPS) is 21.2. The molecule has 0 saturated heterocycles. The molecule has 7 heteroatoms. The fraction of sp³-hybridized carbons (Fsp3) is 0.440. The number of nitrogens with one attached hydrogen (secondary N) is 1. The number of carbonyl (C=O) groups excluding carboxylic acids is 2. The van der Waals surface area contributed by atoms with E-state index in [4.69, 9.17) is 4.74 Å². The molecule has 1 unspecified atom stereocenters. The Labute approximate surface area is 192 Å². The first-order valence-corrected chi connectivity index (χ1v) is 12.2. The highest BCUT2D eigenvalue weighted by Crippen LogP contribution is 2.34. The van der Waals surface area contributed by atoms with Gasteiger partial charge in [-0.2, -0.15) is 0 Å². The Kier molecular flexibility index (Phi) is 5.45. The first-order valence-electron chi connectivity index (χ1n) is 11.3. The lowest BCUT2D eigenvalue weighted by Crippen LogP contribution is -2.65. The van der Waals surface area contributed by atoms with E-state index in [0.717, 1.165) is 48.8 Å². The molecule has 3 heterocycles. The van der Waals surface area contributed by atoms with E-state index in [1.165, 1.54) is 4.88 Å². The molecule has 1 aliphatic carbocycles. The van der Waals surface area contributed by atoms with Crippen molar-refractivity contribution in [3.05, 3.63) is 52.3 Å². The van der Waals surface area contributed by atoms with Crippen molar-refractivity contribution < 1.29 is 14.3 Å². The number of carbonyl (C=O) groups is 2. The lowest BCUT2D eigenvalue weighted by molar-refractivity contribution is -0.133. The maximum absolute atomic E-state index is 13.8. The van der Waals surface area contributed by atoms with E-state index in [2.05, 4.69) is 11.4 Å². The van der Waals surface area contributed by atoms with Crippen LogP contribution < -0.4 is 10.1 Å². The van der Waals surface area contributed by atoms with Crippen LogP contribution in [-0.2, 0) is 17.8 Å². The number of methoxy groups -OCH3 is 1. The van der Waals surface area contributed by atoms with Gasteiger partial charge < -0.3 is 19.5 Å². The monoisotopic (exact) mass is 451 g/mol. The van der Waals surface area contributed by atoms with Crippen LogP contribution in [-0.4, -0.2) is 46.5 Å². The SMILES string of the molecule is COc1ccc2cc3n(c2c1)CC(C)(C(=O)NC1CCCC1)N(CCc1cccs1)C3=O. The Hall–Kier alpha value is -2.80. The van der Waals surface area contributed by atoms with Crippen molar-refractivity contribution in [2.24, 2.45) is 0 Å². The minimum atomic E-state index is -0.959. The third-order valence-electron chi connectivity index (χ3n) is 6.98. The summed E-state index contributed by atoms with van der Waals surface area (Å²) < 4.78 is 7.41. The van der Waals surface area contributed by atoms with Crippen molar-refractivity contribution in [3.8, 4) is 5.75 Å². The number of ether oxygens (including phenoxy) is 1. The smallest absolute Gasteiger partial charge is 0.271 e. The van der Waals surface area contributed by atoms with E-state index in [-0.39, 0.29) is 17.9 Å². The van der Waals surface area contributed by atoms with Gasteiger partial charge in [0.2, 0.25) is 5.91 Å². The van der Waals surface area contributed by atoms with Crippen LogP contribution in [0.1, 0.15) is 48.0 Å². The Morgan fingerprint density at radius 1 is 1.25 bits per heavy atom. The predicted molar refractivity (Wildman–Crippen MR) is 126 cm³/mol. The van der Waals surface area contributed by atoms with Crippen LogP contribution in [0.4, 0.5) is 0 Å². The molecule has 2 aliphatic rings. The summed E-state index contributed by atoms with van der Waals surface area (Å²) in [5, 5.41) is 6.28. The molecule has 32 heavy (non-hydrogen) atoms. The van der Waals surface area contributed by atoms with Crippen molar-refractivity contribution in [1.82, 2.24) is 14.8 Å². The zero-order valence-electron chi connectivity index (χ0n) is 18.6. The molecule has 0 radical (unpaired) electrons. The first kappa shape index (κ1) is 21.1. The number of thiophene rings is 1. The van der Waals surface area contributed by atoms with Crippen LogP contribution in [0.5, 0.6) is 5.75 Å². The van der Waals surface area contributed by atoms with Crippen LogP contribution in [0, 0.1) is 0 Å². The third-order valence-corrected chi connectivity index (χ3v) is 7.92. The molecule has 168 valence electrons. The van der Waals surface area contributed by atoms with Crippen LogP contribution in [0.25, 0.3) is 10.9 Å². The number of fused-ring (bicyclic) bond motifs is 3. The zero-order chi connectivity index (χ0) is 22.3. The third kappa shape index (κ3) is 3.58. The van der Waals surface area contributed by atoms with Gasteiger partial charge in [-0.05, 0) is 55.8 Å². The summed E-state index contributed by atoms with van der Waals surface area (Å²) in [6, 6.07) is 12.1. The minimum absolute atomic E-state index is 0.0562. The molecule has 2 amide bonds. The van der Waals surface area contributed by atoms with Crippen LogP contribution in [0.15, 0.2) is 41.8 Å². The average molecular weight is 452 g/mol. The lowest BCUT2D eigenvalue weighted by atomic mass is 9.93. The molecule has 2 aromatic heterocycles. The van der Waals surface area contributed by atoms with Gasteiger partial charge in [0.15, 0.2) is 0 Å². The predicted octanol–water partition coefficient (Wildman–Crippen LogP) is 4.23. The van der Waals surface area contributed by atoms with Crippen LogP contribution >= 0.6 is 11.3 Å². The second kappa shape index (κ2) is 8.28. The summed E-state index contributed by atoms with van der Waals surface area (Å²) in [7, 11) is 1.64. The highest BCUT2D eigenvalue weighted by molar-refractivity contribution is 7.09. The second-order valence-electron chi connectivity index (χ2n) is 9.06. The topological polar surface area (TPSA) is 63.6 Å². The molecule has 1 saturated carbocycles. The zero-order valence-corrected chi connectivity index (χ0v) is 19.4. The fourth-order valence-electron chi connectivity index (χ4n) is 5.09. The molecule has 6 nitrogen and oxygen atoms in total. The van der Waals surface area contributed by atoms with Crippen LogP contribution in [0.3, 0.4) is 0 Å². The lowest BCUT2D eigenvalue weighted by Gasteiger charge is -2.44. The largest absolute Gasteiger partial charge is 0.497 e. The standard InChI is InChI=1S/C25H29N3O3S/c1-25(24(30)26-18-6-3-4-7-18)16-27-21-15-19(31-2)10-9-17(21)14-22(27)23(29)28(25)12-11-20-8-5-13-32-20/h5,8-10,13-15,18H,3-4,6-7,11-12,16H2,1-2H3,(H,26,30). The number of amides is 2. The molecule has 0 spiro atoms. The summed E-state index contributed by atoms with van der Waals surface area (Å²) in [4.78, 5) is 30.4. The second-order valence-corrected chi connectivity index (χ2v) is 10.1. The summed E-state index contributed by atoms with van der Waals surface area (Å²) in [6.07, 6.45) is 5.06. The summed E-state index contributed by atoms with van der Waals surface area (Å²) in [5.74, 6) is 0.592. The average Bonchev–Trinajstić information content (AvgIpc) is 3.55. The van der Waals surface area contributed by atoms with Gasteiger partial charge in [-0.25, -0.2) is 0 Å². The van der Waals surface area contributed by atoms with Gasteiger partial charge in [0.1, 0.15) is 17.0 Å². The highest BCUT2D eigenvalue weighted by Gasteiger charge is 2.48. The summed E-state index contributed by atoms with van der Waals surface area (Å²) >= 11 is 1.68. The molecule has 0 bridgehead atoms. The van der Waals surface area contributed by atoms with Crippen molar-refractivity contribution >= 4 is 34.1 Å².